The SMILES string of the molecule is CCCCN1CCN(C(=O)c2nnc(-c3ccc(S(=O)(=O)N(C)C)cc3)o2)CC1. The molecule has 1 fully saturated rings. The highest BCUT2D eigenvalue weighted by molar-refractivity contribution is 7.89. The van der Waals surface area contributed by atoms with Crippen LogP contribution in [-0.2, 0) is 10.0 Å². The maximum absolute atomic E-state index is 12.7. The summed E-state index contributed by atoms with van der Waals surface area (Å²) in [5.74, 6) is -0.138. The average molecular weight is 422 g/mol. The number of hydrogen-bond acceptors (Lipinski definition) is 7. The van der Waals surface area contributed by atoms with Crippen molar-refractivity contribution in [3.8, 4) is 11.5 Å². The van der Waals surface area contributed by atoms with E-state index in [9.17, 15) is 13.2 Å². The maximum atomic E-state index is 12.7. The molecule has 1 amide bonds. The molecule has 0 radical (unpaired) electrons. The van der Waals surface area contributed by atoms with E-state index in [0.29, 0.717) is 18.7 Å². The largest absolute Gasteiger partial charge is 0.412 e. The molecule has 2 heterocycles. The van der Waals surface area contributed by atoms with Crippen molar-refractivity contribution >= 4 is 15.9 Å². The van der Waals surface area contributed by atoms with Gasteiger partial charge in [-0.05, 0) is 37.2 Å². The standard InChI is InChI=1S/C19H27N5O4S/c1-4-5-10-23-11-13-24(14-12-23)19(25)18-21-20-17(28-18)15-6-8-16(9-7-15)29(26,27)22(2)3/h6-9H,4-5,10-14H2,1-3H3. The molecule has 2 aromatic rings. The quantitative estimate of drug-likeness (QED) is 0.669. The second kappa shape index (κ2) is 9.02. The number of nitrogens with zero attached hydrogens (tertiary/aromatic N) is 5. The Labute approximate surface area is 171 Å². The fourth-order valence-corrected chi connectivity index (χ4v) is 4.00. The molecular weight excluding hydrogens is 394 g/mol. The first kappa shape index (κ1) is 21.4. The molecule has 1 saturated heterocycles. The van der Waals surface area contributed by atoms with Gasteiger partial charge in [0.05, 0.1) is 4.90 Å². The van der Waals surface area contributed by atoms with Gasteiger partial charge >= 0.3 is 11.8 Å². The highest BCUT2D eigenvalue weighted by atomic mass is 32.2. The molecule has 0 bridgehead atoms. The van der Waals surface area contributed by atoms with Crippen LogP contribution in [0.2, 0.25) is 0 Å². The summed E-state index contributed by atoms with van der Waals surface area (Å²) in [7, 11) is -0.557. The third kappa shape index (κ3) is 4.82. The molecule has 1 aromatic heterocycles. The van der Waals surface area contributed by atoms with Gasteiger partial charge in [-0.3, -0.25) is 9.69 Å². The van der Waals surface area contributed by atoms with Gasteiger partial charge in [0.25, 0.3) is 0 Å². The number of hydrogen-bond donors (Lipinski definition) is 0. The minimum atomic E-state index is -3.51. The molecule has 0 atom stereocenters. The van der Waals surface area contributed by atoms with Gasteiger partial charge in [-0.1, -0.05) is 13.3 Å². The topological polar surface area (TPSA) is 99.8 Å². The van der Waals surface area contributed by atoms with Gasteiger partial charge < -0.3 is 9.32 Å². The number of amides is 1. The highest BCUT2D eigenvalue weighted by Crippen LogP contribution is 2.22. The zero-order valence-electron chi connectivity index (χ0n) is 17.0. The molecule has 0 N–H and O–H groups in total. The monoisotopic (exact) mass is 421 g/mol. The van der Waals surface area contributed by atoms with Crippen molar-refractivity contribution in [3.05, 3.63) is 30.2 Å². The third-order valence-corrected chi connectivity index (χ3v) is 6.80. The Bertz CT molecular complexity index is 932. The van der Waals surface area contributed by atoms with Gasteiger partial charge in [0.2, 0.25) is 15.9 Å². The smallest absolute Gasteiger partial charge is 0.311 e. The van der Waals surface area contributed by atoms with Gasteiger partial charge in [-0.15, -0.1) is 10.2 Å². The summed E-state index contributed by atoms with van der Waals surface area (Å²) in [4.78, 5) is 16.9. The summed E-state index contributed by atoms with van der Waals surface area (Å²) >= 11 is 0. The first-order valence-electron chi connectivity index (χ1n) is 9.71. The van der Waals surface area contributed by atoms with Crippen LogP contribution in [0.15, 0.2) is 33.6 Å². The van der Waals surface area contributed by atoms with E-state index in [0.717, 1.165) is 36.8 Å². The van der Waals surface area contributed by atoms with Gasteiger partial charge in [0.15, 0.2) is 0 Å². The van der Waals surface area contributed by atoms with Crippen LogP contribution >= 0.6 is 0 Å². The Morgan fingerprint density at radius 2 is 1.76 bits per heavy atom. The lowest BCUT2D eigenvalue weighted by molar-refractivity contribution is 0.0597. The first-order valence-corrected chi connectivity index (χ1v) is 11.1. The zero-order chi connectivity index (χ0) is 21.0. The summed E-state index contributed by atoms with van der Waals surface area (Å²) in [6.07, 6.45) is 2.32. The Kier molecular flexibility index (Phi) is 6.66. The fraction of sp³-hybridized carbons (Fsp3) is 0.526. The van der Waals surface area contributed by atoms with Crippen LogP contribution in [0.1, 0.15) is 30.5 Å². The van der Waals surface area contributed by atoms with E-state index >= 15 is 0 Å². The number of aromatic nitrogens is 2. The lowest BCUT2D eigenvalue weighted by Gasteiger charge is -2.33. The van der Waals surface area contributed by atoms with Crippen LogP contribution in [0.25, 0.3) is 11.5 Å². The molecule has 158 valence electrons. The zero-order valence-corrected chi connectivity index (χ0v) is 17.9. The van der Waals surface area contributed by atoms with Crippen LogP contribution < -0.4 is 0 Å². The van der Waals surface area contributed by atoms with Crippen molar-refractivity contribution < 1.29 is 17.6 Å². The number of piperazine rings is 1. The average Bonchev–Trinajstić information content (AvgIpc) is 3.22. The molecule has 1 aromatic carbocycles. The van der Waals surface area contributed by atoms with Crippen molar-refractivity contribution in [1.82, 2.24) is 24.3 Å². The predicted molar refractivity (Wildman–Crippen MR) is 108 cm³/mol. The van der Waals surface area contributed by atoms with Gasteiger partial charge in [-0.2, -0.15) is 0 Å². The van der Waals surface area contributed by atoms with Gasteiger partial charge in [0, 0.05) is 45.8 Å². The number of carbonyl (C=O) groups is 1. The lowest BCUT2D eigenvalue weighted by Crippen LogP contribution is -2.48. The molecule has 0 spiro atoms. The molecule has 0 unspecified atom stereocenters. The van der Waals surface area contributed by atoms with E-state index in [1.54, 1.807) is 17.0 Å². The summed E-state index contributed by atoms with van der Waals surface area (Å²) in [6.45, 7) is 6.18. The molecule has 3 rings (SSSR count). The fourth-order valence-electron chi connectivity index (χ4n) is 3.10. The van der Waals surface area contributed by atoms with Crippen molar-refractivity contribution in [3.63, 3.8) is 0 Å². The summed E-state index contributed by atoms with van der Waals surface area (Å²) in [5.41, 5.74) is 0.554. The Morgan fingerprint density at radius 1 is 1.10 bits per heavy atom. The molecule has 10 heteroatoms. The van der Waals surface area contributed by atoms with E-state index in [4.69, 9.17) is 4.42 Å². The van der Waals surface area contributed by atoms with Crippen LogP contribution in [0.3, 0.4) is 0 Å². The van der Waals surface area contributed by atoms with Crippen molar-refractivity contribution in [2.45, 2.75) is 24.7 Å². The van der Waals surface area contributed by atoms with Crippen molar-refractivity contribution in [1.29, 1.82) is 0 Å². The third-order valence-electron chi connectivity index (χ3n) is 4.98. The van der Waals surface area contributed by atoms with Crippen LogP contribution in [0.5, 0.6) is 0 Å². The molecular formula is C19H27N5O4S. The molecule has 29 heavy (non-hydrogen) atoms. The van der Waals surface area contributed by atoms with E-state index in [1.807, 2.05) is 0 Å². The highest BCUT2D eigenvalue weighted by Gasteiger charge is 2.26. The molecule has 0 saturated carbocycles. The minimum Gasteiger partial charge on any atom is -0.412 e. The Hall–Kier alpha value is -2.30. The Balaban J connectivity index is 1.66. The summed E-state index contributed by atoms with van der Waals surface area (Å²) < 4.78 is 31.0. The van der Waals surface area contributed by atoms with Crippen molar-refractivity contribution in [2.24, 2.45) is 0 Å². The second-order valence-corrected chi connectivity index (χ2v) is 9.36. The number of sulfonamides is 1. The van der Waals surface area contributed by atoms with Crippen LogP contribution in [-0.4, -0.2) is 85.4 Å². The lowest BCUT2D eigenvalue weighted by atomic mass is 10.2. The first-order chi connectivity index (χ1) is 13.8. The van der Waals surface area contributed by atoms with E-state index < -0.39 is 10.0 Å². The molecule has 9 nitrogen and oxygen atoms in total. The second-order valence-electron chi connectivity index (χ2n) is 7.21. The van der Waals surface area contributed by atoms with E-state index in [1.165, 1.54) is 26.2 Å². The number of unbranched alkanes of at least 4 members (excludes halogenated alkanes) is 1. The van der Waals surface area contributed by atoms with Gasteiger partial charge in [-0.25, -0.2) is 12.7 Å². The van der Waals surface area contributed by atoms with Gasteiger partial charge in [0.1, 0.15) is 0 Å². The number of benzene rings is 1. The summed E-state index contributed by atoms with van der Waals surface area (Å²) in [5, 5.41) is 7.84. The number of rotatable bonds is 7. The predicted octanol–water partition coefficient (Wildman–Crippen LogP) is 1.54. The van der Waals surface area contributed by atoms with E-state index in [-0.39, 0.29) is 22.6 Å². The summed E-state index contributed by atoms with van der Waals surface area (Å²) in [6, 6.07) is 6.13. The number of carbonyl (C=O) groups excluding carboxylic acids is 1. The maximum Gasteiger partial charge on any atom is 0.311 e. The minimum absolute atomic E-state index is 0.0491. The normalized spacial score (nSPS) is 15.8. The van der Waals surface area contributed by atoms with Crippen molar-refractivity contribution in [2.75, 3.05) is 46.8 Å². The Morgan fingerprint density at radius 3 is 2.34 bits per heavy atom. The van der Waals surface area contributed by atoms with E-state index in [2.05, 4.69) is 22.0 Å². The van der Waals surface area contributed by atoms with Crippen LogP contribution in [0, 0.1) is 0 Å². The molecule has 1 aliphatic rings. The molecule has 0 aliphatic carbocycles. The van der Waals surface area contributed by atoms with Crippen LogP contribution in [0.4, 0.5) is 0 Å². The molecule has 1 aliphatic heterocycles.